The second-order valence-corrected chi connectivity index (χ2v) is 7.12. The lowest BCUT2D eigenvalue weighted by atomic mass is 10.1. The molecule has 0 spiro atoms. The third kappa shape index (κ3) is 4.37. The summed E-state index contributed by atoms with van der Waals surface area (Å²) in [6, 6.07) is 12.8. The first-order valence-corrected chi connectivity index (χ1v) is 8.79. The minimum atomic E-state index is -4.48. The Morgan fingerprint density at radius 2 is 1.81 bits per heavy atom. The molecule has 27 heavy (non-hydrogen) atoms. The van der Waals surface area contributed by atoms with Crippen molar-refractivity contribution in [2.45, 2.75) is 6.18 Å². The molecule has 1 aliphatic heterocycles. The minimum Gasteiger partial charge on any atom is -0.267 e. The van der Waals surface area contributed by atoms with Gasteiger partial charge in [0.1, 0.15) is 0 Å². The van der Waals surface area contributed by atoms with Crippen LogP contribution < -0.4 is 5.43 Å². The van der Waals surface area contributed by atoms with E-state index in [1.807, 2.05) is 0 Å². The first-order chi connectivity index (χ1) is 12.8. The van der Waals surface area contributed by atoms with Crippen molar-refractivity contribution in [3.63, 3.8) is 0 Å². The molecule has 0 unspecified atom stereocenters. The van der Waals surface area contributed by atoms with Gasteiger partial charge >= 0.3 is 6.18 Å². The van der Waals surface area contributed by atoms with Gasteiger partial charge in [0.2, 0.25) is 0 Å². The lowest BCUT2D eigenvalue weighted by Crippen LogP contribution is -2.44. The van der Waals surface area contributed by atoms with E-state index in [1.165, 1.54) is 18.2 Å². The summed E-state index contributed by atoms with van der Waals surface area (Å²) in [6.07, 6.45) is -3.17. The number of hydrazine groups is 1. The van der Waals surface area contributed by atoms with Crippen molar-refractivity contribution in [2.75, 3.05) is 0 Å². The number of benzene rings is 2. The molecule has 0 atom stereocenters. The Bertz CT molecular complexity index is 943. The van der Waals surface area contributed by atoms with E-state index in [4.69, 9.17) is 12.2 Å². The highest BCUT2D eigenvalue weighted by Gasteiger charge is 2.34. The van der Waals surface area contributed by atoms with E-state index in [0.29, 0.717) is 5.56 Å². The maximum atomic E-state index is 12.8. The summed E-state index contributed by atoms with van der Waals surface area (Å²) >= 11 is 6.00. The van der Waals surface area contributed by atoms with Crippen molar-refractivity contribution >= 4 is 46.2 Å². The molecular formula is C18H11F3N2O2S2. The first kappa shape index (κ1) is 19.1. The number of hydrogen-bond donors (Lipinski definition) is 1. The van der Waals surface area contributed by atoms with E-state index < -0.39 is 23.6 Å². The van der Waals surface area contributed by atoms with Gasteiger partial charge in [-0.1, -0.05) is 42.1 Å². The second-order valence-electron chi connectivity index (χ2n) is 5.45. The summed E-state index contributed by atoms with van der Waals surface area (Å²) in [5.41, 5.74) is 2.14. The number of nitrogens with one attached hydrogen (secondary N) is 1. The van der Waals surface area contributed by atoms with Crippen molar-refractivity contribution in [2.24, 2.45) is 0 Å². The molecule has 2 aromatic rings. The molecule has 1 N–H and O–H groups in total. The number of rotatable bonds is 3. The number of thioether (sulfide) groups is 1. The van der Waals surface area contributed by atoms with Gasteiger partial charge in [0.05, 0.1) is 10.5 Å². The fourth-order valence-corrected chi connectivity index (χ4v) is 3.46. The second kappa shape index (κ2) is 7.53. The molecule has 1 heterocycles. The Hall–Kier alpha value is -2.65. The summed E-state index contributed by atoms with van der Waals surface area (Å²) < 4.78 is 38.5. The average molecular weight is 408 g/mol. The van der Waals surface area contributed by atoms with Crippen molar-refractivity contribution in [3.05, 3.63) is 76.2 Å². The predicted molar refractivity (Wildman–Crippen MR) is 100 cm³/mol. The molecule has 0 bridgehead atoms. The Labute approximate surface area is 162 Å². The lowest BCUT2D eigenvalue weighted by Gasteiger charge is -2.15. The Morgan fingerprint density at radius 3 is 2.48 bits per heavy atom. The molecule has 1 fully saturated rings. The van der Waals surface area contributed by atoms with Crippen LogP contribution in [0.1, 0.15) is 21.5 Å². The maximum Gasteiger partial charge on any atom is 0.416 e. The van der Waals surface area contributed by atoms with Crippen LogP contribution in [0.5, 0.6) is 0 Å². The van der Waals surface area contributed by atoms with Crippen LogP contribution in [-0.2, 0) is 11.0 Å². The zero-order valence-corrected chi connectivity index (χ0v) is 15.1. The fourth-order valence-electron chi connectivity index (χ4n) is 2.28. The Morgan fingerprint density at radius 1 is 1.11 bits per heavy atom. The molecule has 0 saturated carbocycles. The van der Waals surface area contributed by atoms with Gasteiger partial charge in [-0.05, 0) is 48.1 Å². The van der Waals surface area contributed by atoms with Gasteiger partial charge in [-0.15, -0.1) is 0 Å². The molecular weight excluding hydrogens is 397 g/mol. The molecule has 9 heteroatoms. The van der Waals surface area contributed by atoms with E-state index in [2.05, 4.69) is 5.43 Å². The van der Waals surface area contributed by atoms with Crippen LogP contribution in [0, 0.1) is 0 Å². The van der Waals surface area contributed by atoms with Gasteiger partial charge < -0.3 is 0 Å². The summed E-state index contributed by atoms with van der Waals surface area (Å²) in [5, 5.41) is 0.911. The zero-order valence-electron chi connectivity index (χ0n) is 13.5. The first-order valence-electron chi connectivity index (χ1n) is 7.57. The van der Waals surface area contributed by atoms with E-state index in [0.717, 1.165) is 28.9 Å². The largest absolute Gasteiger partial charge is 0.416 e. The Kier molecular flexibility index (Phi) is 5.33. The third-order valence-electron chi connectivity index (χ3n) is 3.55. The number of alkyl halides is 3. The third-order valence-corrected chi connectivity index (χ3v) is 4.86. The number of carbonyl (C=O) groups is 2. The molecule has 1 aliphatic rings. The summed E-state index contributed by atoms with van der Waals surface area (Å²) in [4.78, 5) is 24.8. The highest BCUT2D eigenvalue weighted by Crippen LogP contribution is 2.33. The van der Waals surface area contributed by atoms with E-state index in [9.17, 15) is 22.8 Å². The van der Waals surface area contributed by atoms with Crippen LogP contribution in [0.4, 0.5) is 13.2 Å². The predicted octanol–water partition coefficient (Wildman–Crippen LogP) is 4.25. The van der Waals surface area contributed by atoms with Gasteiger partial charge in [-0.2, -0.15) is 18.2 Å². The summed E-state index contributed by atoms with van der Waals surface area (Å²) in [6.45, 7) is 0. The number of hydrogen-bond acceptors (Lipinski definition) is 4. The van der Waals surface area contributed by atoms with Crippen LogP contribution in [0.3, 0.4) is 0 Å². The normalized spacial score (nSPS) is 16.1. The van der Waals surface area contributed by atoms with Gasteiger partial charge in [0.25, 0.3) is 11.8 Å². The lowest BCUT2D eigenvalue weighted by molar-refractivity contribution is -0.137. The molecule has 4 nitrogen and oxygen atoms in total. The van der Waals surface area contributed by atoms with Crippen LogP contribution in [-0.4, -0.2) is 21.1 Å². The summed E-state index contributed by atoms with van der Waals surface area (Å²) in [7, 11) is 0. The van der Waals surface area contributed by atoms with Crippen molar-refractivity contribution in [3.8, 4) is 0 Å². The zero-order chi connectivity index (χ0) is 19.6. The van der Waals surface area contributed by atoms with Gasteiger partial charge in [0, 0.05) is 5.56 Å². The van der Waals surface area contributed by atoms with Gasteiger partial charge in [-0.3, -0.25) is 15.0 Å². The number of nitrogens with zero attached hydrogens (tertiary/aromatic N) is 1. The molecule has 3 rings (SSSR count). The maximum absolute atomic E-state index is 12.8. The van der Waals surface area contributed by atoms with Crippen LogP contribution in [0.15, 0.2) is 59.5 Å². The molecule has 0 radical (unpaired) electrons. The number of amides is 2. The highest BCUT2D eigenvalue weighted by atomic mass is 32.2. The monoisotopic (exact) mass is 408 g/mol. The quantitative estimate of drug-likeness (QED) is 0.609. The number of carbonyl (C=O) groups excluding carboxylic acids is 2. The van der Waals surface area contributed by atoms with Crippen LogP contribution in [0.2, 0.25) is 0 Å². The standard InChI is InChI=1S/C18H11F3N2O2S2/c19-18(20,21)13-8-4-5-11(9-13)10-14-16(25)23(17(26)27-14)22-15(24)12-6-2-1-3-7-12/h1-10H,(H,22,24). The van der Waals surface area contributed by atoms with E-state index in [-0.39, 0.29) is 14.8 Å². The fraction of sp³-hybridized carbons (Fsp3) is 0.0556. The van der Waals surface area contributed by atoms with Crippen molar-refractivity contribution in [1.29, 1.82) is 0 Å². The molecule has 0 aliphatic carbocycles. The number of thiocarbonyl (C=S) groups is 1. The van der Waals surface area contributed by atoms with Crippen LogP contribution in [0.25, 0.3) is 6.08 Å². The average Bonchev–Trinajstić information content (AvgIpc) is 2.89. The molecule has 2 aromatic carbocycles. The highest BCUT2D eigenvalue weighted by molar-refractivity contribution is 8.26. The molecule has 0 aromatic heterocycles. The van der Waals surface area contributed by atoms with Gasteiger partial charge in [0.15, 0.2) is 4.32 Å². The van der Waals surface area contributed by atoms with Gasteiger partial charge in [-0.25, -0.2) is 0 Å². The minimum absolute atomic E-state index is 0.0857. The van der Waals surface area contributed by atoms with Crippen LogP contribution >= 0.6 is 24.0 Å². The summed E-state index contributed by atoms with van der Waals surface area (Å²) in [5.74, 6) is -1.13. The molecule has 1 saturated heterocycles. The molecule has 138 valence electrons. The van der Waals surface area contributed by atoms with Crippen molar-refractivity contribution < 1.29 is 22.8 Å². The number of halogens is 3. The smallest absolute Gasteiger partial charge is 0.267 e. The molecule has 2 amide bonds. The topological polar surface area (TPSA) is 49.4 Å². The SMILES string of the molecule is O=C(NN1C(=O)C(=Cc2cccc(C(F)(F)F)c2)SC1=S)c1ccccc1. The Balaban J connectivity index is 1.80. The van der Waals surface area contributed by atoms with Crippen molar-refractivity contribution in [1.82, 2.24) is 10.4 Å². The van der Waals surface area contributed by atoms with E-state index in [1.54, 1.807) is 30.3 Å². The van der Waals surface area contributed by atoms with E-state index >= 15 is 0 Å².